The molecule has 0 atom stereocenters. The second kappa shape index (κ2) is 7.41. The van der Waals surface area contributed by atoms with Crippen molar-refractivity contribution in [1.29, 1.82) is 0 Å². The summed E-state index contributed by atoms with van der Waals surface area (Å²) in [4.78, 5) is 25.5. The lowest BCUT2D eigenvalue weighted by atomic mass is 10.1. The largest absolute Gasteiger partial charge is 0.383 e. The monoisotopic (exact) mass is 368 g/mol. The molecule has 0 spiro atoms. The SMILES string of the molecule is CCCCN(C)C(=O)c1ccc(-c2nc(N)c3c(C)c(C)sc3n2)cc1. The van der Waals surface area contributed by atoms with Crippen LogP contribution in [0.5, 0.6) is 0 Å². The van der Waals surface area contributed by atoms with Crippen LogP contribution in [0.25, 0.3) is 21.6 Å². The molecule has 1 amide bonds. The minimum atomic E-state index is 0.0328. The maximum Gasteiger partial charge on any atom is 0.253 e. The number of unbranched alkanes of at least 4 members (excludes halogenated alkanes) is 1. The van der Waals surface area contributed by atoms with Gasteiger partial charge in [0.2, 0.25) is 0 Å². The van der Waals surface area contributed by atoms with Crippen LogP contribution in [0.4, 0.5) is 5.82 Å². The molecule has 0 radical (unpaired) electrons. The van der Waals surface area contributed by atoms with Crippen molar-refractivity contribution in [3.8, 4) is 11.4 Å². The van der Waals surface area contributed by atoms with E-state index in [0.717, 1.165) is 40.7 Å². The highest BCUT2D eigenvalue weighted by molar-refractivity contribution is 7.18. The average Bonchev–Trinajstić information content (AvgIpc) is 2.93. The smallest absolute Gasteiger partial charge is 0.253 e. The predicted molar refractivity (Wildman–Crippen MR) is 109 cm³/mol. The summed E-state index contributed by atoms with van der Waals surface area (Å²) in [5.41, 5.74) is 8.84. The molecule has 0 bridgehead atoms. The highest BCUT2D eigenvalue weighted by atomic mass is 32.1. The van der Waals surface area contributed by atoms with Gasteiger partial charge in [-0.1, -0.05) is 25.5 Å². The zero-order chi connectivity index (χ0) is 18.8. The Labute approximate surface area is 157 Å². The Kier molecular flexibility index (Phi) is 5.23. The summed E-state index contributed by atoms with van der Waals surface area (Å²) < 4.78 is 0. The minimum Gasteiger partial charge on any atom is -0.383 e. The van der Waals surface area contributed by atoms with E-state index < -0.39 is 0 Å². The Morgan fingerprint density at radius 3 is 2.54 bits per heavy atom. The van der Waals surface area contributed by atoms with Crippen LogP contribution in [-0.2, 0) is 0 Å². The van der Waals surface area contributed by atoms with E-state index in [1.807, 2.05) is 38.2 Å². The van der Waals surface area contributed by atoms with Crippen molar-refractivity contribution in [2.24, 2.45) is 0 Å². The Bertz CT molecular complexity index is 947. The van der Waals surface area contributed by atoms with Crippen LogP contribution in [0.2, 0.25) is 0 Å². The second-order valence-electron chi connectivity index (χ2n) is 6.55. The molecule has 136 valence electrons. The Balaban J connectivity index is 1.89. The van der Waals surface area contributed by atoms with Crippen LogP contribution in [0.3, 0.4) is 0 Å². The summed E-state index contributed by atoms with van der Waals surface area (Å²) >= 11 is 1.63. The van der Waals surface area contributed by atoms with Gasteiger partial charge in [0.1, 0.15) is 10.6 Å². The summed E-state index contributed by atoms with van der Waals surface area (Å²) in [6, 6.07) is 7.42. The Morgan fingerprint density at radius 1 is 1.19 bits per heavy atom. The maximum absolute atomic E-state index is 12.4. The van der Waals surface area contributed by atoms with Gasteiger partial charge in [-0.05, 0) is 38.0 Å². The molecular formula is C20H24N4OS. The van der Waals surface area contributed by atoms with Gasteiger partial charge in [0.25, 0.3) is 5.91 Å². The molecule has 0 fully saturated rings. The Morgan fingerprint density at radius 2 is 1.88 bits per heavy atom. The molecule has 0 aliphatic rings. The van der Waals surface area contributed by atoms with Crippen molar-refractivity contribution < 1.29 is 4.79 Å². The van der Waals surface area contributed by atoms with Gasteiger partial charge in [0.05, 0.1) is 5.39 Å². The van der Waals surface area contributed by atoms with E-state index in [1.54, 1.807) is 16.2 Å². The molecule has 2 N–H and O–H groups in total. The maximum atomic E-state index is 12.4. The number of rotatable bonds is 5. The van der Waals surface area contributed by atoms with Crippen LogP contribution in [0.15, 0.2) is 24.3 Å². The molecule has 0 saturated carbocycles. The van der Waals surface area contributed by atoms with Gasteiger partial charge in [-0.25, -0.2) is 9.97 Å². The van der Waals surface area contributed by atoms with E-state index >= 15 is 0 Å². The van der Waals surface area contributed by atoms with Crippen molar-refractivity contribution in [3.05, 3.63) is 40.3 Å². The molecule has 3 rings (SSSR count). The lowest BCUT2D eigenvalue weighted by Gasteiger charge is -2.16. The average molecular weight is 369 g/mol. The number of fused-ring (bicyclic) bond motifs is 1. The van der Waals surface area contributed by atoms with Crippen molar-refractivity contribution in [1.82, 2.24) is 14.9 Å². The third-order valence-electron chi connectivity index (χ3n) is 4.64. The molecule has 2 heterocycles. The van der Waals surface area contributed by atoms with Gasteiger partial charge < -0.3 is 10.6 Å². The molecule has 0 aliphatic carbocycles. The van der Waals surface area contributed by atoms with Crippen molar-refractivity contribution in [2.45, 2.75) is 33.6 Å². The normalized spacial score (nSPS) is 11.1. The number of aromatic nitrogens is 2. The van der Waals surface area contributed by atoms with Crippen LogP contribution in [-0.4, -0.2) is 34.4 Å². The van der Waals surface area contributed by atoms with E-state index in [1.165, 1.54) is 4.88 Å². The summed E-state index contributed by atoms with van der Waals surface area (Å²) in [6.07, 6.45) is 2.08. The minimum absolute atomic E-state index is 0.0328. The number of nitrogen functional groups attached to an aromatic ring is 1. The zero-order valence-electron chi connectivity index (χ0n) is 15.7. The first-order valence-corrected chi connectivity index (χ1v) is 9.63. The quantitative estimate of drug-likeness (QED) is 0.723. The number of carbonyl (C=O) groups excluding carboxylic acids is 1. The van der Waals surface area contributed by atoms with E-state index in [2.05, 4.69) is 23.8 Å². The molecule has 5 nitrogen and oxygen atoms in total. The van der Waals surface area contributed by atoms with Gasteiger partial charge >= 0.3 is 0 Å². The fourth-order valence-electron chi connectivity index (χ4n) is 2.89. The van der Waals surface area contributed by atoms with E-state index in [9.17, 15) is 4.79 Å². The molecular weight excluding hydrogens is 344 g/mol. The number of nitrogens with zero attached hydrogens (tertiary/aromatic N) is 3. The molecule has 0 aliphatic heterocycles. The zero-order valence-corrected chi connectivity index (χ0v) is 16.5. The fourth-order valence-corrected chi connectivity index (χ4v) is 3.93. The number of benzene rings is 1. The summed E-state index contributed by atoms with van der Waals surface area (Å²) in [7, 11) is 1.84. The highest BCUT2D eigenvalue weighted by Crippen LogP contribution is 2.33. The fraction of sp³-hybridized carbons (Fsp3) is 0.350. The summed E-state index contributed by atoms with van der Waals surface area (Å²) in [6.45, 7) is 7.00. The molecule has 26 heavy (non-hydrogen) atoms. The first-order chi connectivity index (χ1) is 12.4. The third-order valence-corrected chi connectivity index (χ3v) is 5.74. The van der Waals surface area contributed by atoms with Gasteiger partial charge in [0, 0.05) is 29.6 Å². The molecule has 0 unspecified atom stereocenters. The molecule has 3 aromatic rings. The molecule has 0 saturated heterocycles. The molecule has 2 aromatic heterocycles. The summed E-state index contributed by atoms with van der Waals surface area (Å²) in [5.74, 6) is 1.13. The van der Waals surface area contributed by atoms with Crippen LogP contribution >= 0.6 is 11.3 Å². The van der Waals surface area contributed by atoms with E-state index in [-0.39, 0.29) is 5.91 Å². The van der Waals surface area contributed by atoms with Crippen molar-refractivity contribution >= 4 is 33.3 Å². The number of aryl methyl sites for hydroxylation is 2. The van der Waals surface area contributed by atoms with Gasteiger partial charge in [0.15, 0.2) is 5.82 Å². The van der Waals surface area contributed by atoms with E-state index in [4.69, 9.17) is 5.73 Å². The van der Waals surface area contributed by atoms with Gasteiger partial charge in [-0.3, -0.25) is 4.79 Å². The van der Waals surface area contributed by atoms with Gasteiger partial charge in [-0.2, -0.15) is 0 Å². The first-order valence-electron chi connectivity index (χ1n) is 8.81. The van der Waals surface area contributed by atoms with Crippen molar-refractivity contribution in [2.75, 3.05) is 19.3 Å². The number of hydrogen-bond donors (Lipinski definition) is 1. The number of thiophene rings is 1. The van der Waals surface area contributed by atoms with Crippen LogP contribution < -0.4 is 5.73 Å². The third kappa shape index (κ3) is 3.42. The molecule has 1 aromatic carbocycles. The number of amides is 1. The second-order valence-corrected chi connectivity index (χ2v) is 7.76. The van der Waals surface area contributed by atoms with Gasteiger partial charge in [-0.15, -0.1) is 11.3 Å². The van der Waals surface area contributed by atoms with Crippen molar-refractivity contribution in [3.63, 3.8) is 0 Å². The number of hydrogen-bond acceptors (Lipinski definition) is 5. The summed E-state index contributed by atoms with van der Waals surface area (Å²) in [5, 5.41) is 0.945. The topological polar surface area (TPSA) is 72.1 Å². The van der Waals surface area contributed by atoms with Crippen LogP contribution in [0, 0.1) is 13.8 Å². The Hall–Kier alpha value is -2.47. The molecule has 6 heteroatoms. The number of nitrogens with two attached hydrogens (primary N) is 1. The standard InChI is InChI=1S/C20H24N4OS/c1-5-6-11-24(4)20(25)15-9-7-14(8-10-15)18-22-17(21)16-12(2)13(3)26-19(16)23-18/h7-10H,5-6,11H2,1-4H3,(H2,21,22,23). The first kappa shape index (κ1) is 18.3. The van der Waals surface area contributed by atoms with Crippen LogP contribution in [0.1, 0.15) is 40.6 Å². The number of anilines is 1. The van der Waals surface area contributed by atoms with E-state index in [0.29, 0.717) is 17.2 Å². The lowest BCUT2D eigenvalue weighted by molar-refractivity contribution is 0.0793. The lowest BCUT2D eigenvalue weighted by Crippen LogP contribution is -2.27. The predicted octanol–water partition coefficient (Wildman–Crippen LogP) is 4.43. The highest BCUT2D eigenvalue weighted by Gasteiger charge is 2.15. The number of carbonyl (C=O) groups is 1.